The van der Waals surface area contributed by atoms with Crippen LogP contribution in [0.15, 0.2) is 0 Å². The number of hydrogen-bond acceptors (Lipinski definition) is 5. The summed E-state index contributed by atoms with van der Waals surface area (Å²) >= 11 is 0. The number of carbonyl (C=O) groups excluding carboxylic acids is 1. The van der Waals surface area contributed by atoms with Gasteiger partial charge in [0.1, 0.15) is 5.60 Å². The first-order chi connectivity index (χ1) is 4.83. The lowest BCUT2D eigenvalue weighted by molar-refractivity contribution is -0.161. The van der Waals surface area contributed by atoms with Crippen LogP contribution in [0, 0.1) is 0 Å². The van der Waals surface area contributed by atoms with Gasteiger partial charge >= 0.3 is 5.97 Å². The third-order valence-electron chi connectivity index (χ3n) is 0.898. The van der Waals surface area contributed by atoms with Gasteiger partial charge in [-0.1, -0.05) is 0 Å². The molecule has 0 spiro atoms. The second-order valence-electron chi connectivity index (χ2n) is 3.25. The Balaban J connectivity index is 2.45. The Morgan fingerprint density at radius 2 is 1.91 bits per heavy atom. The van der Waals surface area contributed by atoms with Crippen molar-refractivity contribution in [1.82, 2.24) is 0 Å². The summed E-state index contributed by atoms with van der Waals surface area (Å²) in [5.41, 5.74) is -0.517. The monoisotopic (exact) mass is 194 g/mol. The number of esters is 1. The molecular formula is C6H10O3S2. The fraction of sp³-hybridized carbons (Fsp3) is 0.833. The predicted octanol–water partition coefficient (Wildman–Crippen LogP) is 1.37. The van der Waals surface area contributed by atoms with Gasteiger partial charge in [0.2, 0.25) is 0 Å². The second-order valence-corrected chi connectivity index (χ2v) is 6.02. The topological polar surface area (TPSA) is 46.5 Å². The van der Waals surface area contributed by atoms with Crippen LogP contribution in [0.5, 0.6) is 0 Å². The molecule has 0 amide bonds. The number of rotatable bonds is 1. The maximum Gasteiger partial charge on any atom is 0.362 e. The van der Waals surface area contributed by atoms with Gasteiger partial charge in [-0.15, -0.1) is 0 Å². The van der Waals surface area contributed by atoms with E-state index in [0.717, 1.165) is 21.6 Å². The highest BCUT2D eigenvalue weighted by Gasteiger charge is 2.54. The normalized spacial score (nSPS) is 21.1. The van der Waals surface area contributed by atoms with Crippen molar-refractivity contribution in [3.05, 3.63) is 0 Å². The summed E-state index contributed by atoms with van der Waals surface area (Å²) in [6.07, 6.45) is 0. The van der Waals surface area contributed by atoms with Crippen LogP contribution in [-0.2, 0) is 9.53 Å². The van der Waals surface area contributed by atoms with E-state index < -0.39 is 15.8 Å². The van der Waals surface area contributed by atoms with Crippen LogP contribution in [0.4, 0.5) is 0 Å². The summed E-state index contributed by atoms with van der Waals surface area (Å²) in [6, 6.07) is 0. The highest BCUT2D eigenvalue weighted by Crippen LogP contribution is 2.63. The lowest BCUT2D eigenvalue weighted by Crippen LogP contribution is -2.31. The molecule has 0 aromatic heterocycles. The standard InChI is InChI=1S/C6H10O3S2/c1-5(2,3)9-4(7)6(8)10-11-6/h8H,1-3H3. The van der Waals surface area contributed by atoms with Crippen LogP contribution in [0.1, 0.15) is 20.8 Å². The molecule has 1 fully saturated rings. The Hall–Kier alpha value is 0.130. The fourth-order valence-corrected chi connectivity index (χ4v) is 1.39. The largest absolute Gasteiger partial charge is 0.456 e. The molecule has 1 heterocycles. The van der Waals surface area contributed by atoms with E-state index in [2.05, 4.69) is 0 Å². The molecular weight excluding hydrogens is 184 g/mol. The third-order valence-corrected chi connectivity index (χ3v) is 3.16. The number of aliphatic hydroxyl groups is 1. The zero-order valence-electron chi connectivity index (χ0n) is 6.58. The van der Waals surface area contributed by atoms with Gasteiger partial charge < -0.3 is 9.84 Å². The third kappa shape index (κ3) is 2.57. The van der Waals surface area contributed by atoms with E-state index in [4.69, 9.17) is 4.74 Å². The molecule has 0 atom stereocenters. The van der Waals surface area contributed by atoms with Gasteiger partial charge in [0.05, 0.1) is 0 Å². The first kappa shape index (κ1) is 9.22. The van der Waals surface area contributed by atoms with Crippen LogP contribution >= 0.6 is 21.6 Å². The van der Waals surface area contributed by atoms with Crippen molar-refractivity contribution in [2.75, 3.05) is 0 Å². The Morgan fingerprint density at radius 1 is 1.45 bits per heavy atom. The molecule has 0 unspecified atom stereocenters. The van der Waals surface area contributed by atoms with Crippen molar-refractivity contribution in [2.24, 2.45) is 0 Å². The Labute approximate surface area is 73.3 Å². The molecule has 1 aliphatic heterocycles. The zero-order valence-corrected chi connectivity index (χ0v) is 8.21. The first-order valence-corrected chi connectivity index (χ1v) is 5.31. The van der Waals surface area contributed by atoms with Gasteiger partial charge in [0.15, 0.2) is 0 Å². The molecule has 0 aromatic rings. The Bertz CT molecular complexity index is 181. The van der Waals surface area contributed by atoms with Crippen molar-refractivity contribution in [3.63, 3.8) is 0 Å². The summed E-state index contributed by atoms with van der Waals surface area (Å²) in [5, 5.41) is 9.21. The number of ether oxygens (including phenoxy) is 1. The summed E-state index contributed by atoms with van der Waals surface area (Å²) in [4.78, 5) is 11.0. The Kier molecular flexibility index (Phi) is 2.15. The van der Waals surface area contributed by atoms with E-state index in [1.54, 1.807) is 20.8 Å². The molecule has 64 valence electrons. The van der Waals surface area contributed by atoms with Crippen LogP contribution in [0.3, 0.4) is 0 Å². The van der Waals surface area contributed by atoms with E-state index >= 15 is 0 Å². The van der Waals surface area contributed by atoms with E-state index in [9.17, 15) is 9.90 Å². The average Bonchev–Trinajstić information content (AvgIpc) is 2.44. The average molecular weight is 194 g/mol. The van der Waals surface area contributed by atoms with Crippen LogP contribution in [0.25, 0.3) is 0 Å². The van der Waals surface area contributed by atoms with Gasteiger partial charge in [-0.3, -0.25) is 0 Å². The maximum absolute atomic E-state index is 11.0. The molecule has 1 aliphatic rings. The van der Waals surface area contributed by atoms with Gasteiger partial charge in [-0.05, 0) is 42.4 Å². The molecule has 0 aromatic carbocycles. The summed E-state index contributed by atoms with van der Waals surface area (Å²) < 4.78 is 3.62. The molecule has 0 saturated carbocycles. The minimum absolute atomic E-state index is 0.517. The van der Waals surface area contributed by atoms with E-state index in [0.29, 0.717) is 0 Å². The SMILES string of the molecule is CC(C)(C)OC(=O)C1(O)SS1. The van der Waals surface area contributed by atoms with Gasteiger partial charge in [0, 0.05) is 0 Å². The first-order valence-electron chi connectivity index (χ1n) is 3.16. The predicted molar refractivity (Wildman–Crippen MR) is 46.0 cm³/mol. The molecule has 5 heteroatoms. The lowest BCUT2D eigenvalue weighted by atomic mass is 10.2. The summed E-state index contributed by atoms with van der Waals surface area (Å²) in [5.74, 6) is -0.556. The summed E-state index contributed by atoms with van der Waals surface area (Å²) in [6.45, 7) is 5.31. The number of carbonyl (C=O) groups is 1. The van der Waals surface area contributed by atoms with Crippen LogP contribution in [-0.4, -0.2) is 20.9 Å². The summed E-state index contributed by atoms with van der Waals surface area (Å²) in [7, 11) is 2.23. The van der Waals surface area contributed by atoms with Crippen molar-refractivity contribution in [3.8, 4) is 0 Å². The molecule has 1 rings (SSSR count). The minimum atomic E-state index is -1.31. The molecule has 1 saturated heterocycles. The molecule has 11 heavy (non-hydrogen) atoms. The smallest absolute Gasteiger partial charge is 0.362 e. The minimum Gasteiger partial charge on any atom is -0.456 e. The maximum atomic E-state index is 11.0. The zero-order chi connectivity index (χ0) is 8.70. The van der Waals surface area contributed by atoms with Crippen molar-refractivity contribution < 1.29 is 14.6 Å². The van der Waals surface area contributed by atoms with E-state index in [-0.39, 0.29) is 0 Å². The van der Waals surface area contributed by atoms with Crippen molar-refractivity contribution in [2.45, 2.75) is 30.6 Å². The van der Waals surface area contributed by atoms with Crippen molar-refractivity contribution in [1.29, 1.82) is 0 Å². The fourth-order valence-electron chi connectivity index (χ4n) is 0.450. The van der Waals surface area contributed by atoms with E-state index in [1.165, 1.54) is 0 Å². The Morgan fingerprint density at radius 3 is 2.18 bits per heavy atom. The highest BCUT2D eigenvalue weighted by molar-refractivity contribution is 8.94. The van der Waals surface area contributed by atoms with Gasteiger partial charge in [-0.2, -0.15) is 0 Å². The molecule has 0 radical (unpaired) electrons. The number of hydrogen-bond donors (Lipinski definition) is 1. The molecule has 3 nitrogen and oxygen atoms in total. The van der Waals surface area contributed by atoms with Gasteiger partial charge in [-0.25, -0.2) is 4.79 Å². The lowest BCUT2D eigenvalue weighted by Gasteiger charge is -2.20. The molecule has 1 N–H and O–H groups in total. The molecule has 0 aliphatic carbocycles. The second kappa shape index (κ2) is 2.57. The van der Waals surface area contributed by atoms with E-state index in [1.807, 2.05) is 0 Å². The quantitative estimate of drug-likeness (QED) is 0.388. The molecule has 0 bridgehead atoms. The van der Waals surface area contributed by atoms with Crippen molar-refractivity contribution >= 4 is 27.6 Å². The van der Waals surface area contributed by atoms with Crippen LogP contribution in [0.2, 0.25) is 0 Å². The van der Waals surface area contributed by atoms with Crippen LogP contribution < -0.4 is 0 Å². The van der Waals surface area contributed by atoms with Gasteiger partial charge in [0.25, 0.3) is 4.27 Å². The highest BCUT2D eigenvalue weighted by atomic mass is 33.2.